The minimum atomic E-state index is -0.270. The van der Waals surface area contributed by atoms with Crippen LogP contribution in [0.5, 0.6) is 11.5 Å². The number of benzene rings is 2. The molecule has 106 valence electrons. The van der Waals surface area contributed by atoms with Gasteiger partial charge in [-0.1, -0.05) is 0 Å². The van der Waals surface area contributed by atoms with E-state index in [4.69, 9.17) is 15.2 Å². The second-order valence-corrected chi connectivity index (χ2v) is 4.38. The summed E-state index contributed by atoms with van der Waals surface area (Å²) in [5.41, 5.74) is 8.75. The van der Waals surface area contributed by atoms with Gasteiger partial charge in [0.1, 0.15) is 5.82 Å². The lowest BCUT2D eigenvalue weighted by Crippen LogP contribution is -2.00. The molecule has 0 atom stereocenters. The zero-order valence-electron chi connectivity index (χ0n) is 11.7. The van der Waals surface area contributed by atoms with Crippen LogP contribution in [0.15, 0.2) is 30.3 Å². The number of hydrogen-bond acceptors (Lipinski definition) is 4. The third-order valence-electron chi connectivity index (χ3n) is 3.01. The van der Waals surface area contributed by atoms with Crippen LogP contribution in [-0.4, -0.2) is 14.2 Å². The zero-order chi connectivity index (χ0) is 14.7. The Morgan fingerprint density at radius 2 is 1.65 bits per heavy atom. The third-order valence-corrected chi connectivity index (χ3v) is 3.01. The van der Waals surface area contributed by atoms with E-state index in [-0.39, 0.29) is 5.82 Å². The number of aryl methyl sites for hydroxylation is 1. The number of hydrogen-bond donors (Lipinski definition) is 2. The molecule has 0 unspecified atom stereocenters. The predicted octanol–water partition coefficient (Wildman–Crippen LogP) is 3.48. The molecule has 0 amide bonds. The van der Waals surface area contributed by atoms with Gasteiger partial charge in [-0.2, -0.15) is 0 Å². The van der Waals surface area contributed by atoms with Gasteiger partial charge in [0.15, 0.2) is 11.5 Å². The second kappa shape index (κ2) is 5.69. The van der Waals surface area contributed by atoms with Crippen LogP contribution in [0.25, 0.3) is 0 Å². The van der Waals surface area contributed by atoms with Crippen molar-refractivity contribution in [3.05, 3.63) is 41.7 Å². The number of nitrogens with one attached hydrogen (secondary N) is 1. The smallest absolute Gasteiger partial charge is 0.162 e. The zero-order valence-corrected chi connectivity index (χ0v) is 11.7. The van der Waals surface area contributed by atoms with Crippen molar-refractivity contribution in [3.63, 3.8) is 0 Å². The number of rotatable bonds is 4. The molecular formula is C15H17FN2O2. The molecule has 2 rings (SSSR count). The predicted molar refractivity (Wildman–Crippen MR) is 78.4 cm³/mol. The first-order chi connectivity index (χ1) is 9.55. The van der Waals surface area contributed by atoms with Crippen LogP contribution in [0.2, 0.25) is 0 Å². The van der Waals surface area contributed by atoms with Crippen molar-refractivity contribution in [1.82, 2.24) is 0 Å². The maximum Gasteiger partial charge on any atom is 0.162 e. The van der Waals surface area contributed by atoms with Gasteiger partial charge in [0.25, 0.3) is 0 Å². The van der Waals surface area contributed by atoms with Crippen molar-refractivity contribution < 1.29 is 13.9 Å². The van der Waals surface area contributed by atoms with Crippen LogP contribution >= 0.6 is 0 Å². The highest BCUT2D eigenvalue weighted by Gasteiger charge is 2.10. The van der Waals surface area contributed by atoms with Crippen LogP contribution in [0.4, 0.5) is 21.5 Å². The van der Waals surface area contributed by atoms with Gasteiger partial charge in [-0.25, -0.2) is 4.39 Å². The quantitative estimate of drug-likeness (QED) is 0.839. The van der Waals surface area contributed by atoms with E-state index in [9.17, 15) is 4.39 Å². The molecule has 0 aliphatic carbocycles. The number of nitrogen functional groups attached to an aromatic ring is 1. The fourth-order valence-electron chi connectivity index (χ4n) is 1.92. The Kier molecular flexibility index (Phi) is 3.98. The van der Waals surface area contributed by atoms with E-state index < -0.39 is 0 Å². The Balaban J connectivity index is 2.38. The Morgan fingerprint density at radius 1 is 1.00 bits per heavy atom. The number of methoxy groups -OCH3 is 2. The molecule has 5 heteroatoms. The number of nitrogens with two attached hydrogens (primary N) is 1. The van der Waals surface area contributed by atoms with Gasteiger partial charge in [-0.15, -0.1) is 0 Å². The Bertz CT molecular complexity index is 630. The van der Waals surface area contributed by atoms with E-state index in [1.807, 2.05) is 6.92 Å². The highest BCUT2D eigenvalue weighted by Crippen LogP contribution is 2.36. The summed E-state index contributed by atoms with van der Waals surface area (Å²) in [6.45, 7) is 1.82. The molecule has 20 heavy (non-hydrogen) atoms. The lowest BCUT2D eigenvalue weighted by molar-refractivity contribution is 0.355. The van der Waals surface area contributed by atoms with E-state index in [0.717, 1.165) is 11.3 Å². The van der Waals surface area contributed by atoms with Crippen molar-refractivity contribution in [3.8, 4) is 11.5 Å². The highest BCUT2D eigenvalue weighted by atomic mass is 19.1. The minimum absolute atomic E-state index is 0.270. The average molecular weight is 276 g/mol. The van der Waals surface area contributed by atoms with Crippen LogP contribution in [0.3, 0.4) is 0 Å². The first-order valence-corrected chi connectivity index (χ1v) is 6.10. The van der Waals surface area contributed by atoms with Crippen molar-refractivity contribution in [1.29, 1.82) is 0 Å². The Labute approximate surface area is 117 Å². The number of anilines is 3. The molecule has 2 aromatic rings. The molecule has 4 nitrogen and oxygen atoms in total. The molecule has 3 N–H and O–H groups in total. The lowest BCUT2D eigenvalue weighted by atomic mass is 10.1. The van der Waals surface area contributed by atoms with E-state index in [1.165, 1.54) is 12.1 Å². The molecule has 0 radical (unpaired) electrons. The van der Waals surface area contributed by atoms with Gasteiger partial charge in [0.05, 0.1) is 25.6 Å². The van der Waals surface area contributed by atoms with Crippen LogP contribution in [-0.2, 0) is 0 Å². The van der Waals surface area contributed by atoms with Crippen molar-refractivity contribution in [2.45, 2.75) is 6.92 Å². The number of ether oxygens (including phenoxy) is 2. The molecule has 2 aromatic carbocycles. The Hall–Kier alpha value is -2.43. The van der Waals surface area contributed by atoms with Gasteiger partial charge in [0, 0.05) is 17.8 Å². The standard InChI is InChI=1S/C15H17FN2O2/c1-9-6-10(16)4-5-12(9)18-13-8-15(20-3)14(19-2)7-11(13)17/h4-8,18H,17H2,1-3H3. The average Bonchev–Trinajstić information content (AvgIpc) is 2.43. The van der Waals surface area contributed by atoms with Crippen molar-refractivity contribution in [2.75, 3.05) is 25.3 Å². The van der Waals surface area contributed by atoms with Gasteiger partial charge in [0.2, 0.25) is 0 Å². The largest absolute Gasteiger partial charge is 0.493 e. The van der Waals surface area contributed by atoms with Gasteiger partial charge >= 0.3 is 0 Å². The highest BCUT2D eigenvalue weighted by molar-refractivity contribution is 5.77. The van der Waals surface area contributed by atoms with Crippen molar-refractivity contribution >= 4 is 17.1 Å². The maximum absolute atomic E-state index is 13.1. The fourth-order valence-corrected chi connectivity index (χ4v) is 1.92. The van der Waals surface area contributed by atoms with Gasteiger partial charge in [-0.3, -0.25) is 0 Å². The number of halogens is 1. The summed E-state index contributed by atoms with van der Waals surface area (Å²) >= 11 is 0. The van der Waals surface area contributed by atoms with E-state index >= 15 is 0 Å². The van der Waals surface area contributed by atoms with Crippen molar-refractivity contribution in [2.24, 2.45) is 0 Å². The maximum atomic E-state index is 13.1. The fraction of sp³-hybridized carbons (Fsp3) is 0.200. The molecule has 0 fully saturated rings. The normalized spacial score (nSPS) is 10.2. The summed E-state index contributed by atoms with van der Waals surface area (Å²) < 4.78 is 23.5. The van der Waals surface area contributed by atoms with Crippen LogP contribution in [0, 0.1) is 12.7 Å². The topological polar surface area (TPSA) is 56.5 Å². The molecule has 0 spiro atoms. The van der Waals surface area contributed by atoms with Crippen LogP contribution < -0.4 is 20.5 Å². The van der Waals surface area contributed by atoms with Gasteiger partial charge < -0.3 is 20.5 Å². The summed E-state index contributed by atoms with van der Waals surface area (Å²) in [7, 11) is 3.11. The van der Waals surface area contributed by atoms with E-state index in [0.29, 0.717) is 22.9 Å². The summed E-state index contributed by atoms with van der Waals surface area (Å²) in [6, 6.07) is 7.95. The molecule has 0 aliphatic heterocycles. The molecule has 0 saturated carbocycles. The molecular weight excluding hydrogens is 259 g/mol. The summed E-state index contributed by atoms with van der Waals surface area (Å²) in [5.74, 6) is 0.865. The SMILES string of the molecule is COc1cc(N)c(Nc2ccc(F)cc2C)cc1OC. The van der Waals surface area contributed by atoms with E-state index in [1.54, 1.807) is 32.4 Å². The summed E-state index contributed by atoms with van der Waals surface area (Å²) in [5, 5.41) is 3.17. The molecule has 0 aliphatic rings. The molecule has 0 heterocycles. The second-order valence-electron chi connectivity index (χ2n) is 4.38. The van der Waals surface area contributed by atoms with E-state index in [2.05, 4.69) is 5.32 Å². The molecule has 0 bridgehead atoms. The van der Waals surface area contributed by atoms with Crippen LogP contribution in [0.1, 0.15) is 5.56 Å². The van der Waals surface area contributed by atoms with Gasteiger partial charge in [-0.05, 0) is 30.7 Å². The molecule has 0 aromatic heterocycles. The minimum Gasteiger partial charge on any atom is -0.493 e. The lowest BCUT2D eigenvalue weighted by Gasteiger charge is -2.15. The Morgan fingerprint density at radius 3 is 2.25 bits per heavy atom. The summed E-state index contributed by atoms with van der Waals surface area (Å²) in [4.78, 5) is 0. The first kappa shape index (κ1) is 14.0. The first-order valence-electron chi connectivity index (χ1n) is 6.10. The summed E-state index contributed by atoms with van der Waals surface area (Å²) in [6.07, 6.45) is 0. The monoisotopic (exact) mass is 276 g/mol. The molecule has 0 saturated heterocycles. The third kappa shape index (κ3) is 2.77.